The molecule has 1 amide bonds. The van der Waals surface area contributed by atoms with Crippen LogP contribution in [0.1, 0.15) is 69.0 Å². The smallest absolute Gasteiger partial charge is 0.303 e. The van der Waals surface area contributed by atoms with Gasteiger partial charge in [0.05, 0.1) is 17.3 Å². The van der Waals surface area contributed by atoms with Gasteiger partial charge in [0.1, 0.15) is 0 Å². The molecule has 11 nitrogen and oxygen atoms in total. The van der Waals surface area contributed by atoms with Gasteiger partial charge in [-0.05, 0) is 67.5 Å². The molecule has 1 spiro atoms. The van der Waals surface area contributed by atoms with Crippen molar-refractivity contribution in [2.45, 2.75) is 81.9 Å². The minimum Gasteiger partial charge on any atom is -0.495 e. The molecule has 0 radical (unpaired) electrons. The van der Waals surface area contributed by atoms with Crippen LogP contribution in [0.15, 0.2) is 46.7 Å². The second-order valence-corrected chi connectivity index (χ2v) is 14.0. The van der Waals surface area contributed by atoms with Crippen LogP contribution >= 0.6 is 11.8 Å². The van der Waals surface area contributed by atoms with Crippen LogP contribution in [0.3, 0.4) is 0 Å². The van der Waals surface area contributed by atoms with E-state index in [0.29, 0.717) is 29.4 Å². The predicted octanol–water partition coefficient (Wildman–Crippen LogP) is 3.74. The molecule has 4 aliphatic rings. The van der Waals surface area contributed by atoms with Crippen LogP contribution in [-0.4, -0.2) is 71.9 Å². The molecule has 2 fully saturated rings. The molecule has 8 N–H and O–H groups in total. The Hall–Kier alpha value is -3.90. The van der Waals surface area contributed by atoms with Crippen LogP contribution in [-0.2, 0) is 20.8 Å². The number of carbonyl (C=O) groups excluding carboxylic acids is 1. The van der Waals surface area contributed by atoms with Crippen LogP contribution in [0.2, 0.25) is 0 Å². The summed E-state index contributed by atoms with van der Waals surface area (Å²) in [4.78, 5) is 39.3. The van der Waals surface area contributed by atoms with E-state index in [4.69, 9.17) is 0 Å². The fraction of sp³-hybridized carbons (Fsp3) is 0.485. The van der Waals surface area contributed by atoms with E-state index in [1.54, 1.807) is 17.8 Å². The number of hydrogen-bond donors (Lipinski definition) is 8. The molecule has 0 aromatic carbocycles. The maximum absolute atomic E-state index is 12.6. The van der Waals surface area contributed by atoms with Crippen LogP contribution in [0.4, 0.5) is 0 Å². The van der Waals surface area contributed by atoms with Gasteiger partial charge in [0.15, 0.2) is 5.88 Å². The van der Waals surface area contributed by atoms with Crippen LogP contribution in [0, 0.1) is 18.8 Å². The summed E-state index contributed by atoms with van der Waals surface area (Å²) in [7, 11) is 0. The molecule has 1 aromatic heterocycles. The first-order chi connectivity index (χ1) is 21.3. The van der Waals surface area contributed by atoms with Gasteiger partial charge in [-0.25, -0.2) is 0 Å². The van der Waals surface area contributed by atoms with E-state index in [2.05, 4.69) is 34.4 Å². The summed E-state index contributed by atoms with van der Waals surface area (Å²) in [6.45, 7) is 11.5. The second kappa shape index (κ2) is 12.5. The number of carbonyl (C=O) groups is 3. The summed E-state index contributed by atoms with van der Waals surface area (Å²) in [6, 6.07) is -0.473. The Morgan fingerprint density at radius 1 is 1.04 bits per heavy atom. The highest BCUT2D eigenvalue weighted by molar-refractivity contribution is 8.09. The van der Waals surface area contributed by atoms with Crippen molar-refractivity contribution in [3.63, 3.8) is 0 Å². The van der Waals surface area contributed by atoms with E-state index in [-0.39, 0.29) is 66.3 Å². The number of carboxylic acids is 2. The molecular weight excluding hydrogens is 596 g/mol. The molecule has 0 bridgehead atoms. The zero-order valence-electron chi connectivity index (χ0n) is 26.0. The van der Waals surface area contributed by atoms with Gasteiger partial charge in [0.25, 0.3) is 0 Å². The third-order valence-electron chi connectivity index (χ3n) is 9.88. The van der Waals surface area contributed by atoms with Crippen LogP contribution in [0.5, 0.6) is 0 Å². The molecule has 242 valence electrons. The van der Waals surface area contributed by atoms with Crippen molar-refractivity contribution in [3.8, 4) is 0 Å². The number of allylic oxidation sites excluding steroid dienone is 2. The number of aliphatic carboxylic acids is 2. The minimum atomic E-state index is -0.915. The van der Waals surface area contributed by atoms with Crippen LogP contribution in [0.25, 0.3) is 12.2 Å². The Morgan fingerprint density at radius 3 is 2.31 bits per heavy atom. The maximum Gasteiger partial charge on any atom is 0.303 e. The first-order valence-corrected chi connectivity index (χ1v) is 16.2. The third kappa shape index (κ3) is 5.93. The van der Waals surface area contributed by atoms with E-state index < -0.39 is 11.9 Å². The van der Waals surface area contributed by atoms with Gasteiger partial charge < -0.3 is 41.4 Å². The summed E-state index contributed by atoms with van der Waals surface area (Å²) >= 11 is 1.76. The Balaban J connectivity index is 1.51. The number of aromatic nitrogens is 1. The average Bonchev–Trinajstić information content (AvgIpc) is 3.13. The molecule has 5 heterocycles. The maximum atomic E-state index is 12.6. The lowest BCUT2D eigenvalue weighted by molar-refractivity contribution is -0.138. The third-order valence-corrected chi connectivity index (χ3v) is 11.7. The number of H-pyrrole nitrogens is 1. The number of carboxylic acid groups (broad SMARTS) is 2. The standard InChI is InChI=1S/C33H42N4O7S/c1-6-19-22(14-38)27(36-32(19)44)11-23-15(2)20(7-9-29(39)40)25(34-23)12-26-21(8-10-30(41)42)16(3)24(35-26)13-28-33(18(5)45-33)17(4)31(43)37-28/h6,12-13,17-18,22-23,27,34-36,38,44H,1,7-11,14H2,2-5H3,(H,37,43)(H,39,40)(H,41,42)/b25-12-,28-13-/t17-,18?,22?,23?,27+,33+/m0/s1. The molecule has 45 heavy (non-hydrogen) atoms. The van der Waals surface area contributed by atoms with Gasteiger partial charge in [-0.1, -0.05) is 26.5 Å². The highest BCUT2D eigenvalue weighted by Crippen LogP contribution is 2.64. The monoisotopic (exact) mass is 638 g/mol. The minimum absolute atomic E-state index is 0.00394. The fourth-order valence-corrected chi connectivity index (χ4v) is 8.53. The summed E-state index contributed by atoms with van der Waals surface area (Å²) in [5.74, 6) is -2.34. The molecule has 0 saturated carbocycles. The number of aliphatic hydroxyl groups is 2. The molecule has 12 heteroatoms. The predicted molar refractivity (Wildman–Crippen MR) is 173 cm³/mol. The molecule has 2 saturated heterocycles. The van der Waals surface area contributed by atoms with Gasteiger partial charge in [0, 0.05) is 64.4 Å². The van der Waals surface area contributed by atoms with Gasteiger partial charge in [0.2, 0.25) is 5.91 Å². The molecule has 6 atom stereocenters. The number of nitrogens with one attached hydrogen (secondary N) is 4. The van der Waals surface area contributed by atoms with Gasteiger partial charge in [-0.2, -0.15) is 0 Å². The van der Waals surface area contributed by atoms with Crippen molar-refractivity contribution < 1.29 is 34.8 Å². The molecule has 3 unspecified atom stereocenters. The van der Waals surface area contributed by atoms with E-state index in [0.717, 1.165) is 39.4 Å². The zero-order chi connectivity index (χ0) is 32.8. The molecule has 0 aliphatic carbocycles. The zero-order valence-corrected chi connectivity index (χ0v) is 26.8. The Kier molecular flexibility index (Phi) is 9.01. The van der Waals surface area contributed by atoms with Crippen LogP contribution < -0.4 is 16.0 Å². The van der Waals surface area contributed by atoms with Crippen molar-refractivity contribution >= 4 is 41.8 Å². The van der Waals surface area contributed by atoms with E-state index in [1.807, 2.05) is 32.9 Å². The van der Waals surface area contributed by atoms with Gasteiger partial charge >= 0.3 is 11.9 Å². The molecule has 5 rings (SSSR count). The Bertz CT molecular complexity index is 1570. The van der Waals surface area contributed by atoms with E-state index in [1.165, 1.54) is 0 Å². The summed E-state index contributed by atoms with van der Waals surface area (Å²) in [5.41, 5.74) is 7.20. The van der Waals surface area contributed by atoms with Crippen molar-refractivity contribution in [2.75, 3.05) is 6.61 Å². The Labute approximate surface area is 266 Å². The van der Waals surface area contributed by atoms with Crippen molar-refractivity contribution in [2.24, 2.45) is 11.8 Å². The first-order valence-electron chi connectivity index (χ1n) is 15.3. The largest absolute Gasteiger partial charge is 0.495 e. The number of rotatable bonds is 12. The number of hydrogen-bond acceptors (Lipinski definition) is 8. The van der Waals surface area contributed by atoms with E-state index >= 15 is 0 Å². The highest BCUT2D eigenvalue weighted by atomic mass is 32.2. The first kappa shape index (κ1) is 32.5. The van der Waals surface area contributed by atoms with Crippen molar-refractivity contribution in [3.05, 3.63) is 69.2 Å². The summed E-state index contributed by atoms with van der Waals surface area (Å²) < 4.78 is -0.284. The lowest BCUT2D eigenvalue weighted by Gasteiger charge is -2.24. The number of aliphatic hydroxyl groups excluding tert-OH is 2. The molecule has 1 aromatic rings. The normalized spacial score (nSPS) is 30.8. The summed E-state index contributed by atoms with van der Waals surface area (Å²) in [6.07, 6.45) is 6.39. The SMILES string of the molecule is C=CC1=C(O)N[C@H](CC2N/C(=C\c3[nH]c(/C=C4\NC(=O)[C@H](C)[C@]45SC5C)c(C)c3CCC(=O)O)C(CCC(=O)O)=C2C)C1CO. The Morgan fingerprint density at radius 2 is 1.71 bits per heavy atom. The average molecular weight is 639 g/mol. The molecule has 4 aliphatic heterocycles. The lowest BCUT2D eigenvalue weighted by Crippen LogP contribution is -2.38. The molecular formula is C33H42N4O7S. The van der Waals surface area contributed by atoms with Crippen molar-refractivity contribution in [1.29, 1.82) is 0 Å². The highest BCUT2D eigenvalue weighted by Gasteiger charge is 2.65. The fourth-order valence-electron chi connectivity index (χ4n) is 7.14. The number of aromatic amines is 1. The lowest BCUT2D eigenvalue weighted by atomic mass is 9.89. The van der Waals surface area contributed by atoms with E-state index in [9.17, 15) is 34.8 Å². The second-order valence-electron chi connectivity index (χ2n) is 12.4. The van der Waals surface area contributed by atoms with Gasteiger partial charge in [-0.15, -0.1) is 11.8 Å². The van der Waals surface area contributed by atoms with Gasteiger partial charge in [-0.3, -0.25) is 14.4 Å². The number of thioether (sulfide) groups is 1. The van der Waals surface area contributed by atoms with Crippen molar-refractivity contribution in [1.82, 2.24) is 20.9 Å². The number of amides is 1. The quantitative estimate of drug-likeness (QED) is 0.157. The summed E-state index contributed by atoms with van der Waals surface area (Å²) in [5, 5.41) is 49.4. The topological polar surface area (TPSA) is 184 Å².